The van der Waals surface area contributed by atoms with Crippen molar-refractivity contribution in [2.75, 3.05) is 19.7 Å². The van der Waals surface area contributed by atoms with Gasteiger partial charge in [0.2, 0.25) is 0 Å². The van der Waals surface area contributed by atoms with Gasteiger partial charge in [-0.1, -0.05) is 6.07 Å². The zero-order chi connectivity index (χ0) is 20.0. The van der Waals surface area contributed by atoms with Crippen LogP contribution >= 0.6 is 0 Å². The Morgan fingerprint density at radius 1 is 1.31 bits per heavy atom. The molecular formula is C22H25NO6. The van der Waals surface area contributed by atoms with Crippen molar-refractivity contribution in [1.29, 1.82) is 0 Å². The van der Waals surface area contributed by atoms with Gasteiger partial charge in [-0.2, -0.15) is 0 Å². The van der Waals surface area contributed by atoms with Crippen molar-refractivity contribution in [2.45, 2.75) is 61.7 Å². The van der Waals surface area contributed by atoms with E-state index in [0.717, 1.165) is 30.6 Å². The highest BCUT2D eigenvalue weighted by atomic mass is 16.5. The number of phenols is 1. The first kappa shape index (κ1) is 17.7. The van der Waals surface area contributed by atoms with Crippen LogP contribution in [0.5, 0.6) is 11.5 Å². The van der Waals surface area contributed by atoms with Crippen LogP contribution in [0.1, 0.15) is 43.2 Å². The number of aliphatic carboxylic acids is 1. The lowest BCUT2D eigenvalue weighted by Crippen LogP contribution is -2.77. The number of likely N-dealkylation sites (tertiary alicyclic amines) is 1. The molecule has 1 aromatic carbocycles. The number of phenolic OH excluding ortho intramolecular Hbond substituents is 1. The first-order chi connectivity index (χ1) is 14.0. The van der Waals surface area contributed by atoms with E-state index in [9.17, 15) is 19.8 Å². The zero-order valence-corrected chi connectivity index (χ0v) is 16.2. The van der Waals surface area contributed by atoms with Gasteiger partial charge in [-0.15, -0.1) is 0 Å². The molecule has 1 saturated heterocycles. The highest BCUT2D eigenvalue weighted by Crippen LogP contribution is 2.66. The Balaban J connectivity index is 1.56. The smallest absolute Gasteiger partial charge is 0.329 e. The maximum absolute atomic E-state index is 13.0. The minimum Gasteiger partial charge on any atom is -0.504 e. The number of hydrogen-bond acceptors (Lipinski definition) is 6. The maximum Gasteiger partial charge on any atom is 0.329 e. The van der Waals surface area contributed by atoms with Gasteiger partial charge in [-0.25, -0.2) is 4.79 Å². The molecule has 2 aliphatic heterocycles. The summed E-state index contributed by atoms with van der Waals surface area (Å²) in [5, 5.41) is 19.9. The van der Waals surface area contributed by atoms with Gasteiger partial charge in [-0.3, -0.25) is 9.69 Å². The summed E-state index contributed by atoms with van der Waals surface area (Å²) >= 11 is 0. The van der Waals surface area contributed by atoms with Gasteiger partial charge in [0.05, 0.1) is 11.0 Å². The molecule has 154 valence electrons. The molecule has 5 aliphatic rings. The minimum absolute atomic E-state index is 0.0124. The Bertz CT molecular complexity index is 926. The third kappa shape index (κ3) is 2.15. The third-order valence-electron chi connectivity index (χ3n) is 7.97. The second kappa shape index (κ2) is 5.73. The molecule has 3 aliphatic carbocycles. The molecule has 7 nitrogen and oxygen atoms in total. The quantitative estimate of drug-likeness (QED) is 0.777. The van der Waals surface area contributed by atoms with Crippen LogP contribution in [-0.2, 0) is 26.2 Å². The van der Waals surface area contributed by atoms with Crippen LogP contribution in [0.15, 0.2) is 12.1 Å². The number of hydrogen-bond donors (Lipinski definition) is 2. The number of ketones is 1. The average molecular weight is 399 g/mol. The van der Waals surface area contributed by atoms with Gasteiger partial charge < -0.3 is 19.7 Å². The number of carboxylic acid groups (broad SMARTS) is 1. The van der Waals surface area contributed by atoms with Gasteiger partial charge in [0.15, 0.2) is 23.4 Å². The van der Waals surface area contributed by atoms with Crippen molar-refractivity contribution in [3.8, 4) is 11.5 Å². The second-order valence-electron chi connectivity index (χ2n) is 9.36. The van der Waals surface area contributed by atoms with Gasteiger partial charge in [0.1, 0.15) is 6.61 Å². The topological polar surface area (TPSA) is 96.3 Å². The predicted molar refractivity (Wildman–Crippen MR) is 101 cm³/mol. The van der Waals surface area contributed by atoms with Gasteiger partial charge in [-0.05, 0) is 56.2 Å². The van der Waals surface area contributed by atoms with Crippen LogP contribution < -0.4 is 4.74 Å². The van der Waals surface area contributed by atoms with Crippen LogP contribution in [0.3, 0.4) is 0 Å². The zero-order valence-electron chi connectivity index (χ0n) is 16.2. The molecule has 7 heteroatoms. The van der Waals surface area contributed by atoms with Crippen LogP contribution in [0.25, 0.3) is 0 Å². The number of rotatable bonds is 5. The standard InChI is InChI=1S/C22H25NO6/c24-14-4-3-13-9-16-22(28-11-17(26)27)6-5-15(25)20-21(22,18(13)19(14)29-20)7-8-23(16)10-12-1-2-12/h3-4,12,16,20,24H,1-2,5-11H2,(H,26,27)/t16-,20+,21+,22?/m1/s1. The first-order valence-electron chi connectivity index (χ1n) is 10.6. The lowest BCUT2D eigenvalue weighted by atomic mass is 9.48. The van der Waals surface area contributed by atoms with Gasteiger partial charge >= 0.3 is 5.97 Å². The number of piperidine rings is 1. The number of ether oxygens (including phenoxy) is 2. The number of carbonyl (C=O) groups is 2. The Kier molecular flexibility index (Phi) is 3.50. The molecule has 4 atom stereocenters. The highest BCUT2D eigenvalue weighted by Gasteiger charge is 2.74. The van der Waals surface area contributed by atoms with Crippen molar-refractivity contribution in [1.82, 2.24) is 4.90 Å². The fourth-order valence-electron chi connectivity index (χ4n) is 6.72. The SMILES string of the molecule is O=C(O)COC12CCC(=O)[C@@H]3Oc4c(O)ccc5c4[C@@]31CCN(CC1CC1)[C@@H]2C5. The van der Waals surface area contributed by atoms with E-state index in [1.54, 1.807) is 6.07 Å². The fourth-order valence-corrected chi connectivity index (χ4v) is 6.72. The van der Waals surface area contributed by atoms with Crippen molar-refractivity contribution in [2.24, 2.45) is 5.92 Å². The summed E-state index contributed by atoms with van der Waals surface area (Å²) in [6.45, 7) is 1.44. The predicted octanol–water partition coefficient (Wildman–Crippen LogP) is 1.63. The van der Waals surface area contributed by atoms with Crippen LogP contribution in [-0.4, -0.2) is 64.3 Å². The number of nitrogens with zero attached hydrogens (tertiary/aromatic N) is 1. The largest absolute Gasteiger partial charge is 0.504 e. The second-order valence-corrected chi connectivity index (χ2v) is 9.36. The summed E-state index contributed by atoms with van der Waals surface area (Å²) in [7, 11) is 0. The van der Waals surface area contributed by atoms with Gasteiger partial charge in [0.25, 0.3) is 0 Å². The Labute approximate surface area is 168 Å². The first-order valence-corrected chi connectivity index (χ1v) is 10.6. The molecule has 2 heterocycles. The van der Waals surface area contributed by atoms with E-state index in [1.807, 2.05) is 6.07 Å². The number of carboxylic acids is 1. The summed E-state index contributed by atoms with van der Waals surface area (Å²) < 4.78 is 12.5. The van der Waals surface area contributed by atoms with E-state index < -0.39 is 23.1 Å². The molecule has 6 rings (SSSR count). The summed E-state index contributed by atoms with van der Waals surface area (Å²) in [4.78, 5) is 26.9. The molecule has 1 aromatic rings. The Hall–Kier alpha value is -2.12. The van der Waals surface area contributed by atoms with Crippen molar-refractivity contribution in [3.63, 3.8) is 0 Å². The summed E-state index contributed by atoms with van der Waals surface area (Å²) in [6.07, 6.45) is 3.99. The van der Waals surface area contributed by atoms with E-state index in [1.165, 1.54) is 12.8 Å². The highest BCUT2D eigenvalue weighted by molar-refractivity contribution is 5.90. The van der Waals surface area contributed by atoms with Crippen LogP contribution in [0.4, 0.5) is 0 Å². The number of benzene rings is 1. The van der Waals surface area contributed by atoms with Crippen molar-refractivity contribution >= 4 is 11.8 Å². The molecule has 1 spiro atoms. The van der Waals surface area contributed by atoms with E-state index in [0.29, 0.717) is 30.9 Å². The van der Waals surface area contributed by atoms with E-state index in [2.05, 4.69) is 4.90 Å². The summed E-state index contributed by atoms with van der Waals surface area (Å²) in [5.41, 5.74) is 0.478. The van der Waals surface area contributed by atoms with Gasteiger partial charge in [0, 0.05) is 24.6 Å². The number of carbonyl (C=O) groups excluding carboxylic acids is 1. The molecule has 2 bridgehead atoms. The fraction of sp³-hybridized carbons (Fsp3) is 0.636. The molecular weight excluding hydrogens is 374 g/mol. The minimum atomic E-state index is -1.00. The maximum atomic E-state index is 13.0. The average Bonchev–Trinajstić information content (AvgIpc) is 3.43. The monoisotopic (exact) mass is 399 g/mol. The third-order valence-corrected chi connectivity index (χ3v) is 7.97. The Morgan fingerprint density at radius 3 is 2.90 bits per heavy atom. The number of aromatic hydroxyl groups is 1. The van der Waals surface area contributed by atoms with E-state index >= 15 is 0 Å². The molecule has 0 amide bonds. The molecule has 29 heavy (non-hydrogen) atoms. The summed E-state index contributed by atoms with van der Waals surface area (Å²) in [6, 6.07) is 3.60. The molecule has 0 aromatic heterocycles. The molecule has 3 fully saturated rings. The summed E-state index contributed by atoms with van der Waals surface area (Å²) in [5.74, 6) is 0.180. The van der Waals surface area contributed by atoms with Crippen molar-refractivity contribution < 1.29 is 29.3 Å². The lowest BCUT2D eigenvalue weighted by Gasteiger charge is -2.64. The van der Waals surface area contributed by atoms with Crippen molar-refractivity contribution in [3.05, 3.63) is 23.3 Å². The molecule has 2 saturated carbocycles. The Morgan fingerprint density at radius 2 is 2.14 bits per heavy atom. The number of Topliss-reactive ketones (excluding diaryl/α,β-unsaturated/α-hetero) is 1. The molecule has 0 radical (unpaired) electrons. The normalized spacial score (nSPS) is 37.2. The van der Waals surface area contributed by atoms with Crippen LogP contribution in [0, 0.1) is 5.92 Å². The molecule has 1 unspecified atom stereocenters. The lowest BCUT2D eigenvalue weighted by molar-refractivity contribution is -0.216. The van der Waals surface area contributed by atoms with E-state index in [4.69, 9.17) is 9.47 Å². The van der Waals surface area contributed by atoms with Crippen LogP contribution in [0.2, 0.25) is 0 Å². The van der Waals surface area contributed by atoms with E-state index in [-0.39, 0.29) is 24.2 Å². The molecule has 2 N–H and O–H groups in total.